The van der Waals surface area contributed by atoms with Crippen LogP contribution in [0, 0.1) is 23.3 Å². The van der Waals surface area contributed by atoms with Crippen LogP contribution in [-0.4, -0.2) is 30.6 Å². The molecule has 5 nitrogen and oxygen atoms in total. The Morgan fingerprint density at radius 1 is 1.12 bits per heavy atom. The molecule has 0 aliphatic rings. The molecule has 130 valence electrons. The van der Waals surface area contributed by atoms with Gasteiger partial charge >= 0.3 is 5.97 Å². The first-order valence-electron chi connectivity index (χ1n) is 6.55. The van der Waals surface area contributed by atoms with Crippen LogP contribution in [0.15, 0.2) is 9.82 Å². The van der Waals surface area contributed by atoms with Crippen molar-refractivity contribution in [1.82, 2.24) is 4.98 Å². The molecule has 0 spiro atoms. The van der Waals surface area contributed by atoms with Gasteiger partial charge in [-0.2, -0.15) is 0 Å². The third kappa shape index (κ3) is 2.98. The van der Waals surface area contributed by atoms with Crippen molar-refractivity contribution in [3.63, 3.8) is 0 Å². The number of H-pyrrole nitrogens is 1. The molecule has 0 unspecified atom stereocenters. The molecule has 0 radical (unpaired) electrons. The van der Waals surface area contributed by atoms with Gasteiger partial charge in [-0.15, -0.1) is 0 Å². The van der Waals surface area contributed by atoms with E-state index in [1.54, 1.807) is 0 Å². The minimum absolute atomic E-state index is 0.0539. The third-order valence-corrected chi connectivity index (χ3v) is 3.94. The molecular formula is C14H11F4NO4S. The van der Waals surface area contributed by atoms with Crippen molar-refractivity contribution in [1.29, 1.82) is 0 Å². The standard InChI is InChI=1S/C14H11F4NO4S/c1-3-23-14(21)6-12(20)5-7(15)8(16)9(17)10(18)11(5)19-13(6)24-4-22-2/h3-4H2,1-2H3,(H,19,20). The summed E-state index contributed by atoms with van der Waals surface area (Å²) in [6.07, 6.45) is 0. The average molecular weight is 365 g/mol. The number of carbonyl (C=O) groups is 1. The second-order valence-electron chi connectivity index (χ2n) is 4.44. The number of esters is 1. The molecule has 1 N–H and O–H groups in total. The summed E-state index contributed by atoms with van der Waals surface area (Å²) in [5.74, 6) is -9.03. The van der Waals surface area contributed by atoms with E-state index in [0.29, 0.717) is 0 Å². The Bertz CT molecular complexity index is 868. The zero-order valence-corrected chi connectivity index (χ0v) is 13.3. The number of thioether (sulfide) groups is 1. The van der Waals surface area contributed by atoms with E-state index < -0.39 is 51.1 Å². The van der Waals surface area contributed by atoms with Crippen molar-refractivity contribution >= 4 is 28.6 Å². The van der Waals surface area contributed by atoms with Gasteiger partial charge in [-0.05, 0) is 6.92 Å². The summed E-state index contributed by atoms with van der Waals surface area (Å²) in [5.41, 5.74) is -2.84. The fraction of sp³-hybridized carbons (Fsp3) is 0.286. The van der Waals surface area contributed by atoms with E-state index in [2.05, 4.69) is 4.98 Å². The first-order chi connectivity index (χ1) is 11.3. The number of hydrogen-bond acceptors (Lipinski definition) is 5. The monoisotopic (exact) mass is 365 g/mol. The van der Waals surface area contributed by atoms with Crippen molar-refractivity contribution < 1.29 is 31.8 Å². The normalized spacial score (nSPS) is 11.1. The number of hydrogen-bond donors (Lipinski definition) is 1. The number of aromatic nitrogens is 1. The van der Waals surface area contributed by atoms with Gasteiger partial charge in [0, 0.05) is 7.11 Å². The molecule has 1 heterocycles. The van der Waals surface area contributed by atoms with Gasteiger partial charge in [0.2, 0.25) is 5.43 Å². The predicted molar refractivity (Wildman–Crippen MR) is 78.1 cm³/mol. The minimum Gasteiger partial charge on any atom is -0.462 e. The number of fused-ring (bicyclic) bond motifs is 1. The molecule has 0 aliphatic heterocycles. The predicted octanol–water partition coefficient (Wildman–Crippen LogP) is 2.96. The largest absolute Gasteiger partial charge is 0.462 e. The summed E-state index contributed by atoms with van der Waals surface area (Å²) in [6, 6.07) is 0. The molecule has 0 aliphatic carbocycles. The van der Waals surface area contributed by atoms with Crippen molar-refractivity contribution in [2.45, 2.75) is 11.9 Å². The van der Waals surface area contributed by atoms with Crippen LogP contribution in [0.1, 0.15) is 17.3 Å². The minimum atomic E-state index is -2.14. The lowest BCUT2D eigenvalue weighted by molar-refractivity contribution is 0.0520. The zero-order valence-electron chi connectivity index (χ0n) is 12.5. The fourth-order valence-electron chi connectivity index (χ4n) is 1.98. The number of aromatic amines is 1. The maximum atomic E-state index is 13.9. The first-order valence-corrected chi connectivity index (χ1v) is 7.54. The topological polar surface area (TPSA) is 68.4 Å². The number of ether oxygens (including phenoxy) is 2. The third-order valence-electron chi connectivity index (χ3n) is 2.99. The van der Waals surface area contributed by atoms with Gasteiger partial charge in [0.15, 0.2) is 23.3 Å². The number of nitrogens with one attached hydrogen (secondary N) is 1. The van der Waals surface area contributed by atoms with Gasteiger partial charge in [-0.25, -0.2) is 22.4 Å². The zero-order chi connectivity index (χ0) is 18.0. The average Bonchev–Trinajstić information content (AvgIpc) is 2.55. The molecule has 2 rings (SSSR count). The van der Waals surface area contributed by atoms with E-state index in [1.807, 2.05) is 0 Å². The van der Waals surface area contributed by atoms with E-state index in [-0.39, 0.29) is 17.6 Å². The molecule has 0 saturated carbocycles. The summed E-state index contributed by atoms with van der Waals surface area (Å²) in [6.45, 7) is 1.39. The van der Waals surface area contributed by atoms with Gasteiger partial charge in [-0.1, -0.05) is 11.8 Å². The van der Waals surface area contributed by atoms with Gasteiger partial charge in [0.25, 0.3) is 0 Å². The Kier molecular flexibility index (Phi) is 5.50. The summed E-state index contributed by atoms with van der Waals surface area (Å²) < 4.78 is 64.1. The number of pyridine rings is 1. The number of rotatable bonds is 5. The Balaban J connectivity index is 2.90. The molecule has 0 atom stereocenters. The van der Waals surface area contributed by atoms with Gasteiger partial charge < -0.3 is 14.5 Å². The highest BCUT2D eigenvalue weighted by molar-refractivity contribution is 7.99. The van der Waals surface area contributed by atoms with Crippen LogP contribution in [0.4, 0.5) is 17.6 Å². The Hall–Kier alpha value is -2.07. The van der Waals surface area contributed by atoms with E-state index in [1.165, 1.54) is 14.0 Å². The van der Waals surface area contributed by atoms with E-state index in [4.69, 9.17) is 9.47 Å². The molecule has 0 amide bonds. The molecule has 10 heteroatoms. The molecule has 24 heavy (non-hydrogen) atoms. The first kappa shape index (κ1) is 18.3. The highest BCUT2D eigenvalue weighted by atomic mass is 32.2. The summed E-state index contributed by atoms with van der Waals surface area (Å²) in [4.78, 5) is 26.6. The van der Waals surface area contributed by atoms with Crippen LogP contribution < -0.4 is 5.43 Å². The lowest BCUT2D eigenvalue weighted by atomic mass is 10.1. The second kappa shape index (κ2) is 7.22. The number of benzene rings is 1. The SMILES string of the molecule is CCOC(=O)c1c(SCOC)[nH]c2c(F)c(F)c(F)c(F)c2c1=O. The summed E-state index contributed by atoms with van der Waals surface area (Å²) in [5, 5.41) is -1.31. The second-order valence-corrected chi connectivity index (χ2v) is 5.37. The van der Waals surface area contributed by atoms with Crippen molar-refractivity contribution in [3.05, 3.63) is 39.1 Å². The Morgan fingerprint density at radius 3 is 2.33 bits per heavy atom. The van der Waals surface area contributed by atoms with Gasteiger partial charge in [-0.3, -0.25) is 4.79 Å². The van der Waals surface area contributed by atoms with Crippen molar-refractivity contribution in [2.75, 3.05) is 19.7 Å². The maximum Gasteiger partial charge on any atom is 0.344 e. The number of carbonyl (C=O) groups excluding carboxylic acids is 1. The summed E-state index contributed by atoms with van der Waals surface area (Å²) in [7, 11) is 1.32. The molecule has 1 aromatic carbocycles. The van der Waals surface area contributed by atoms with Gasteiger partial charge in [0.1, 0.15) is 5.56 Å². The quantitative estimate of drug-likeness (QED) is 0.220. The number of halogens is 4. The van der Waals surface area contributed by atoms with E-state index in [0.717, 1.165) is 11.8 Å². The van der Waals surface area contributed by atoms with Crippen LogP contribution in [0.25, 0.3) is 10.9 Å². The van der Waals surface area contributed by atoms with E-state index in [9.17, 15) is 27.2 Å². The highest BCUT2D eigenvalue weighted by Gasteiger charge is 2.28. The van der Waals surface area contributed by atoms with Gasteiger partial charge in [0.05, 0.1) is 28.5 Å². The molecular weight excluding hydrogens is 354 g/mol. The van der Waals surface area contributed by atoms with E-state index >= 15 is 0 Å². The van der Waals surface area contributed by atoms with Crippen molar-refractivity contribution in [3.8, 4) is 0 Å². The van der Waals surface area contributed by atoms with Crippen LogP contribution in [-0.2, 0) is 9.47 Å². The molecule has 1 aromatic heterocycles. The van der Waals surface area contributed by atoms with Crippen LogP contribution in [0.5, 0.6) is 0 Å². The lowest BCUT2D eigenvalue weighted by Crippen LogP contribution is -2.22. The molecule has 0 saturated heterocycles. The fourth-order valence-corrected chi connectivity index (χ4v) is 2.71. The van der Waals surface area contributed by atoms with Crippen LogP contribution in [0.2, 0.25) is 0 Å². The molecule has 0 fully saturated rings. The van der Waals surface area contributed by atoms with Crippen LogP contribution >= 0.6 is 11.8 Å². The number of methoxy groups -OCH3 is 1. The highest BCUT2D eigenvalue weighted by Crippen LogP contribution is 2.28. The lowest BCUT2D eigenvalue weighted by Gasteiger charge is -2.11. The molecule has 0 bridgehead atoms. The van der Waals surface area contributed by atoms with Crippen molar-refractivity contribution in [2.24, 2.45) is 0 Å². The molecule has 2 aromatic rings. The Labute approximate surface area is 136 Å². The van der Waals surface area contributed by atoms with Crippen LogP contribution in [0.3, 0.4) is 0 Å². The smallest absolute Gasteiger partial charge is 0.344 e. The summed E-state index contributed by atoms with van der Waals surface area (Å²) >= 11 is 0.771. The maximum absolute atomic E-state index is 13.9. The Morgan fingerprint density at radius 2 is 1.75 bits per heavy atom.